The van der Waals surface area contributed by atoms with E-state index in [2.05, 4.69) is 9.97 Å². The fraction of sp³-hybridized carbons (Fsp3) is 0.462. The van der Waals surface area contributed by atoms with Crippen molar-refractivity contribution in [1.82, 2.24) is 19.1 Å². The second kappa shape index (κ2) is 7.03. The first kappa shape index (κ1) is 18.3. The number of aryl methyl sites for hydroxylation is 1. The van der Waals surface area contributed by atoms with Gasteiger partial charge in [-0.05, 0) is 9.91 Å². The van der Waals surface area contributed by atoms with Crippen LogP contribution in [0.1, 0.15) is 12.6 Å². The summed E-state index contributed by atoms with van der Waals surface area (Å²) in [5.74, 6) is -0.414. The highest BCUT2D eigenvalue weighted by Crippen LogP contribution is 2.33. The highest BCUT2D eigenvalue weighted by atomic mass is 32.2. The Labute approximate surface area is 149 Å². The van der Waals surface area contributed by atoms with E-state index in [4.69, 9.17) is 9.84 Å². The van der Waals surface area contributed by atoms with Crippen LogP contribution in [0.2, 0.25) is 0 Å². The highest BCUT2D eigenvalue weighted by Gasteiger charge is 2.35. The molecule has 2 aromatic rings. The molecule has 3 atom stereocenters. The lowest BCUT2D eigenvalue weighted by Gasteiger charge is -2.15. The molecule has 12 nitrogen and oxygen atoms in total. The Morgan fingerprint density at radius 3 is 2.88 bits per heavy atom. The smallest absolute Gasteiger partial charge is 0.394 e. The predicted molar refractivity (Wildman–Crippen MR) is 86.9 cm³/mol. The van der Waals surface area contributed by atoms with E-state index >= 15 is 0 Å². The van der Waals surface area contributed by atoms with Gasteiger partial charge in [0.2, 0.25) is 6.33 Å². The number of nitro groups is 1. The molecule has 1 fully saturated rings. The number of hydrogen-bond donors (Lipinski definition) is 3. The lowest BCUT2D eigenvalue weighted by Crippen LogP contribution is -2.33. The van der Waals surface area contributed by atoms with Gasteiger partial charge in [0.1, 0.15) is 12.3 Å². The predicted octanol–water partition coefficient (Wildman–Crippen LogP) is -1.03. The van der Waals surface area contributed by atoms with Gasteiger partial charge in [-0.25, -0.2) is 4.79 Å². The van der Waals surface area contributed by atoms with Crippen LogP contribution < -0.4 is 11.2 Å². The largest absolute Gasteiger partial charge is 0.396 e. The van der Waals surface area contributed by atoms with Crippen molar-refractivity contribution in [2.45, 2.75) is 34.8 Å². The quantitative estimate of drug-likeness (QED) is 0.431. The number of aromatic nitrogens is 4. The maximum atomic E-state index is 12.1. The zero-order chi connectivity index (χ0) is 19.0. The lowest BCUT2D eigenvalue weighted by molar-refractivity contribution is -0.392. The van der Waals surface area contributed by atoms with Crippen LogP contribution in [0.15, 0.2) is 32.0 Å². The third-order valence-corrected chi connectivity index (χ3v) is 5.05. The number of aromatic amines is 1. The van der Waals surface area contributed by atoms with Crippen molar-refractivity contribution in [3.63, 3.8) is 0 Å². The first-order chi connectivity index (χ1) is 12.3. The molecule has 0 radical (unpaired) electrons. The van der Waals surface area contributed by atoms with Crippen LogP contribution in [0.4, 0.5) is 5.82 Å². The molecule has 0 spiro atoms. The van der Waals surface area contributed by atoms with E-state index in [1.54, 1.807) is 0 Å². The Kier molecular flexibility index (Phi) is 4.95. The van der Waals surface area contributed by atoms with E-state index in [-0.39, 0.29) is 16.3 Å². The van der Waals surface area contributed by atoms with Gasteiger partial charge in [0.05, 0.1) is 17.6 Å². The van der Waals surface area contributed by atoms with Crippen LogP contribution in [0.25, 0.3) is 0 Å². The summed E-state index contributed by atoms with van der Waals surface area (Å²) in [4.78, 5) is 40.3. The molecule has 1 saturated heterocycles. The van der Waals surface area contributed by atoms with Crippen molar-refractivity contribution in [1.29, 1.82) is 0 Å². The Bertz CT molecular complexity index is 951. The molecule has 26 heavy (non-hydrogen) atoms. The second-order valence-electron chi connectivity index (χ2n) is 5.62. The molecular formula is C13H15N5O7S. The van der Waals surface area contributed by atoms with Gasteiger partial charge in [-0.1, -0.05) is 11.8 Å². The zero-order valence-corrected chi connectivity index (χ0v) is 14.3. The van der Waals surface area contributed by atoms with Gasteiger partial charge < -0.3 is 29.6 Å². The number of nitrogens with zero attached hydrogens (tertiary/aromatic N) is 4. The first-order valence-electron chi connectivity index (χ1n) is 7.45. The monoisotopic (exact) mass is 385 g/mol. The summed E-state index contributed by atoms with van der Waals surface area (Å²) >= 11 is 0.779. The Morgan fingerprint density at radius 2 is 2.27 bits per heavy atom. The molecule has 0 aliphatic carbocycles. The molecule has 1 aliphatic rings. The van der Waals surface area contributed by atoms with Crippen LogP contribution in [-0.2, 0) is 11.8 Å². The lowest BCUT2D eigenvalue weighted by atomic mass is 10.2. The number of aliphatic hydroxyl groups is 2. The maximum Gasteiger partial charge on any atom is 0.396 e. The Balaban J connectivity index is 1.98. The van der Waals surface area contributed by atoms with Crippen molar-refractivity contribution in [2.24, 2.45) is 7.05 Å². The van der Waals surface area contributed by atoms with Crippen LogP contribution in [0.5, 0.6) is 0 Å². The zero-order valence-electron chi connectivity index (χ0n) is 13.4. The minimum Gasteiger partial charge on any atom is -0.394 e. The summed E-state index contributed by atoms with van der Waals surface area (Å²) in [5, 5.41) is 30.1. The molecule has 0 bridgehead atoms. The van der Waals surface area contributed by atoms with Crippen LogP contribution >= 0.6 is 11.8 Å². The molecule has 3 heterocycles. The number of imidazole rings is 1. The Morgan fingerprint density at radius 1 is 1.54 bits per heavy atom. The topological polar surface area (TPSA) is 166 Å². The van der Waals surface area contributed by atoms with Gasteiger partial charge in [0.15, 0.2) is 5.03 Å². The average Bonchev–Trinajstić information content (AvgIpc) is 3.13. The minimum absolute atomic E-state index is 0.0156. The Hall–Kier alpha value is -2.48. The summed E-state index contributed by atoms with van der Waals surface area (Å²) in [6.07, 6.45) is -0.182. The third-order valence-electron chi connectivity index (χ3n) is 3.87. The number of rotatable bonds is 5. The van der Waals surface area contributed by atoms with Gasteiger partial charge in [0, 0.05) is 19.7 Å². The van der Waals surface area contributed by atoms with Crippen molar-refractivity contribution >= 4 is 17.6 Å². The van der Waals surface area contributed by atoms with Crippen molar-refractivity contribution in [2.75, 3.05) is 6.61 Å². The van der Waals surface area contributed by atoms with Gasteiger partial charge >= 0.3 is 11.5 Å². The molecule has 1 aliphatic heterocycles. The number of H-pyrrole nitrogens is 1. The number of hydrogen-bond acceptors (Lipinski definition) is 9. The number of ether oxygens (including phenoxy) is 1. The average molecular weight is 385 g/mol. The molecule has 3 N–H and O–H groups in total. The van der Waals surface area contributed by atoms with Crippen LogP contribution in [-0.4, -0.2) is 53.1 Å². The fourth-order valence-corrected chi connectivity index (χ4v) is 3.49. The van der Waals surface area contributed by atoms with Gasteiger partial charge in [-0.3, -0.25) is 14.3 Å². The molecule has 140 valence electrons. The van der Waals surface area contributed by atoms with Crippen molar-refractivity contribution in [3.8, 4) is 0 Å². The minimum atomic E-state index is -0.960. The van der Waals surface area contributed by atoms with E-state index in [0.29, 0.717) is 0 Å². The van der Waals surface area contributed by atoms with Gasteiger partial charge in [0.25, 0.3) is 5.56 Å². The molecule has 0 unspecified atom stereocenters. The van der Waals surface area contributed by atoms with Gasteiger partial charge in [-0.2, -0.15) is 0 Å². The second-order valence-corrected chi connectivity index (χ2v) is 6.65. The third kappa shape index (κ3) is 3.29. The molecule has 2 aromatic heterocycles. The summed E-state index contributed by atoms with van der Waals surface area (Å²) in [7, 11) is 1.54. The molecule has 0 saturated carbocycles. The normalized spacial score (nSPS) is 22.7. The van der Waals surface area contributed by atoms with E-state index in [1.165, 1.54) is 24.1 Å². The van der Waals surface area contributed by atoms with E-state index in [1.807, 2.05) is 0 Å². The van der Waals surface area contributed by atoms with E-state index < -0.39 is 47.0 Å². The molecular weight excluding hydrogens is 370 g/mol. The molecule has 3 rings (SSSR count). The summed E-state index contributed by atoms with van der Waals surface area (Å²) in [6.45, 7) is -0.418. The number of aliphatic hydroxyl groups excluding tert-OH is 2. The summed E-state index contributed by atoms with van der Waals surface area (Å²) in [6, 6.07) is 0. The first-order valence-corrected chi connectivity index (χ1v) is 8.27. The van der Waals surface area contributed by atoms with Crippen molar-refractivity contribution < 1.29 is 19.9 Å². The molecule has 0 aromatic carbocycles. The SMILES string of the molecule is Cn1cnc([N+](=O)[O-])c1Sc1cn([C@H]2C[C@H](O)[C@H](CO)O2)c(=O)[nH]c1=O. The molecule has 0 amide bonds. The maximum absolute atomic E-state index is 12.1. The van der Waals surface area contributed by atoms with Gasteiger partial charge in [-0.15, -0.1) is 0 Å². The number of nitrogens with one attached hydrogen (secondary N) is 1. The van der Waals surface area contributed by atoms with E-state index in [9.17, 15) is 24.8 Å². The fourth-order valence-electron chi connectivity index (χ4n) is 2.56. The standard InChI is InChI=1S/C13H15N5O7S/c1-16-5-14-10(18(23)24)12(16)26-8-3-17(13(22)15-11(8)21)9-2-6(20)7(4-19)25-9/h3,5-7,9,19-20H,2,4H2,1H3,(H,15,21,22)/t6-,7-,9+/m0/s1. The summed E-state index contributed by atoms with van der Waals surface area (Å²) < 4.78 is 7.87. The van der Waals surface area contributed by atoms with Crippen molar-refractivity contribution in [3.05, 3.63) is 43.5 Å². The van der Waals surface area contributed by atoms with Crippen LogP contribution in [0, 0.1) is 10.1 Å². The highest BCUT2D eigenvalue weighted by molar-refractivity contribution is 7.99. The van der Waals surface area contributed by atoms with E-state index in [0.717, 1.165) is 16.3 Å². The summed E-state index contributed by atoms with van der Waals surface area (Å²) in [5.41, 5.74) is -1.47. The van der Waals surface area contributed by atoms with Crippen LogP contribution in [0.3, 0.4) is 0 Å². The molecule has 13 heteroatoms.